The van der Waals surface area contributed by atoms with E-state index in [0.717, 1.165) is 23.1 Å². The number of aryl methyl sites for hydroxylation is 3. The summed E-state index contributed by atoms with van der Waals surface area (Å²) in [7, 11) is 5.08. The molecule has 3 rings (SSSR count). The van der Waals surface area contributed by atoms with Crippen molar-refractivity contribution in [3.8, 4) is 0 Å². The molecule has 0 fully saturated rings. The number of fused-ring (bicyclic) bond motifs is 1. The van der Waals surface area contributed by atoms with Gasteiger partial charge in [0.05, 0.1) is 11.4 Å². The first-order valence-corrected chi connectivity index (χ1v) is 9.33. The Morgan fingerprint density at radius 2 is 1.82 bits per heavy atom. The molecule has 0 atom stereocenters. The number of nitrogens with one attached hydrogen (secondary N) is 1. The second kappa shape index (κ2) is 7.14. The maximum atomic E-state index is 13.0. The quantitative estimate of drug-likeness (QED) is 0.754. The van der Waals surface area contributed by atoms with Gasteiger partial charge in [0, 0.05) is 49.8 Å². The van der Waals surface area contributed by atoms with Gasteiger partial charge in [0.1, 0.15) is 0 Å². The molecule has 0 spiro atoms. The third-order valence-electron chi connectivity index (χ3n) is 5.40. The smallest absolute Gasteiger partial charge is 0.276 e. The maximum absolute atomic E-state index is 13.0. The minimum atomic E-state index is -0.257. The van der Waals surface area contributed by atoms with Crippen LogP contribution in [-0.2, 0) is 13.6 Å². The highest BCUT2D eigenvalue weighted by atomic mass is 16.2. The van der Waals surface area contributed by atoms with Gasteiger partial charge in [-0.25, -0.2) is 0 Å². The van der Waals surface area contributed by atoms with Gasteiger partial charge in [-0.05, 0) is 51.5 Å². The van der Waals surface area contributed by atoms with E-state index in [-0.39, 0.29) is 17.5 Å². The topological polar surface area (TPSA) is 72.2 Å². The predicted molar refractivity (Wildman–Crippen MR) is 111 cm³/mol. The molecule has 0 radical (unpaired) electrons. The lowest BCUT2D eigenvalue weighted by Crippen LogP contribution is -2.24. The van der Waals surface area contributed by atoms with Gasteiger partial charge >= 0.3 is 0 Å². The highest BCUT2D eigenvalue weighted by molar-refractivity contribution is 6.10. The first kappa shape index (κ1) is 19.7. The average Bonchev–Trinajstić information content (AvgIpc) is 3.08. The van der Waals surface area contributed by atoms with Gasteiger partial charge in [0.2, 0.25) is 0 Å². The number of benzene rings is 1. The number of nitrogens with zero attached hydrogens (tertiary/aromatic N) is 4. The Balaban J connectivity index is 2.01. The molecule has 148 valence electrons. The number of anilines is 1. The molecule has 0 unspecified atom stereocenters. The van der Waals surface area contributed by atoms with E-state index in [0.29, 0.717) is 11.3 Å². The van der Waals surface area contributed by atoms with Gasteiger partial charge in [-0.2, -0.15) is 5.10 Å². The summed E-state index contributed by atoms with van der Waals surface area (Å²) >= 11 is 0. The minimum absolute atomic E-state index is 0.239. The van der Waals surface area contributed by atoms with Crippen LogP contribution in [-0.4, -0.2) is 45.2 Å². The Kier molecular flexibility index (Phi) is 5.02. The zero-order valence-corrected chi connectivity index (χ0v) is 17.5. The summed E-state index contributed by atoms with van der Waals surface area (Å²) in [6, 6.07) is 5.72. The highest BCUT2D eigenvalue weighted by Crippen LogP contribution is 2.27. The van der Waals surface area contributed by atoms with Crippen molar-refractivity contribution in [2.24, 2.45) is 7.05 Å². The molecule has 0 saturated heterocycles. The molecule has 0 aliphatic rings. The average molecular weight is 381 g/mol. The largest absolute Gasteiger partial charge is 0.345 e. The first-order valence-electron chi connectivity index (χ1n) is 9.33. The summed E-state index contributed by atoms with van der Waals surface area (Å²) in [5.41, 5.74) is 5.47. The van der Waals surface area contributed by atoms with Crippen LogP contribution < -0.4 is 5.32 Å². The van der Waals surface area contributed by atoms with Crippen molar-refractivity contribution in [2.45, 2.75) is 34.2 Å². The van der Waals surface area contributed by atoms with Crippen molar-refractivity contribution in [3.63, 3.8) is 0 Å². The molecule has 28 heavy (non-hydrogen) atoms. The predicted octanol–water partition coefficient (Wildman–Crippen LogP) is 3.27. The summed E-state index contributed by atoms with van der Waals surface area (Å²) in [5.74, 6) is -0.506. The number of amides is 2. The van der Waals surface area contributed by atoms with E-state index in [1.165, 1.54) is 16.2 Å². The van der Waals surface area contributed by atoms with Crippen LogP contribution in [0.25, 0.3) is 10.9 Å². The van der Waals surface area contributed by atoms with Crippen LogP contribution in [0, 0.1) is 20.8 Å². The zero-order chi connectivity index (χ0) is 20.7. The number of carbonyl (C=O) groups is 2. The summed E-state index contributed by atoms with van der Waals surface area (Å²) in [6.45, 7) is 8.99. The van der Waals surface area contributed by atoms with E-state index >= 15 is 0 Å². The molecule has 7 heteroatoms. The third-order valence-corrected chi connectivity index (χ3v) is 5.40. The van der Waals surface area contributed by atoms with Gasteiger partial charge in [0.15, 0.2) is 5.69 Å². The second-order valence-corrected chi connectivity index (χ2v) is 7.27. The second-order valence-electron chi connectivity index (χ2n) is 7.27. The minimum Gasteiger partial charge on any atom is -0.345 e. The van der Waals surface area contributed by atoms with E-state index in [4.69, 9.17) is 0 Å². The molecule has 0 saturated carbocycles. The van der Waals surface area contributed by atoms with Gasteiger partial charge in [0.25, 0.3) is 11.8 Å². The van der Waals surface area contributed by atoms with Crippen LogP contribution >= 0.6 is 0 Å². The summed E-state index contributed by atoms with van der Waals surface area (Å²) in [6.07, 6.45) is 0. The van der Waals surface area contributed by atoms with Gasteiger partial charge in [-0.3, -0.25) is 14.3 Å². The van der Waals surface area contributed by atoms with E-state index in [2.05, 4.69) is 35.8 Å². The molecular weight excluding hydrogens is 354 g/mol. The van der Waals surface area contributed by atoms with Crippen molar-refractivity contribution in [1.29, 1.82) is 0 Å². The first-order chi connectivity index (χ1) is 13.2. The van der Waals surface area contributed by atoms with Gasteiger partial charge in [-0.1, -0.05) is 0 Å². The Bertz CT molecular complexity index is 1090. The highest BCUT2D eigenvalue weighted by Gasteiger charge is 2.23. The molecule has 2 amide bonds. The lowest BCUT2D eigenvalue weighted by atomic mass is 10.1. The molecule has 3 aromatic rings. The number of rotatable bonds is 4. The monoisotopic (exact) mass is 381 g/mol. The van der Waals surface area contributed by atoms with Crippen molar-refractivity contribution in [3.05, 3.63) is 46.4 Å². The lowest BCUT2D eigenvalue weighted by Gasteiger charge is -2.11. The van der Waals surface area contributed by atoms with E-state index in [1.54, 1.807) is 25.8 Å². The van der Waals surface area contributed by atoms with Crippen LogP contribution in [0.5, 0.6) is 0 Å². The molecule has 0 aliphatic heterocycles. The number of hydrogen-bond acceptors (Lipinski definition) is 3. The van der Waals surface area contributed by atoms with Gasteiger partial charge in [-0.15, -0.1) is 0 Å². The van der Waals surface area contributed by atoms with Crippen molar-refractivity contribution in [2.75, 3.05) is 19.4 Å². The van der Waals surface area contributed by atoms with Crippen LogP contribution in [0.15, 0.2) is 18.2 Å². The van der Waals surface area contributed by atoms with Crippen molar-refractivity contribution in [1.82, 2.24) is 19.2 Å². The Hall–Kier alpha value is -3.09. The van der Waals surface area contributed by atoms with Crippen LogP contribution in [0.1, 0.15) is 44.7 Å². The van der Waals surface area contributed by atoms with E-state index in [9.17, 15) is 9.59 Å². The Morgan fingerprint density at radius 1 is 1.14 bits per heavy atom. The fraction of sp³-hybridized carbons (Fsp3) is 0.381. The van der Waals surface area contributed by atoms with Crippen LogP contribution in [0.3, 0.4) is 0 Å². The summed E-state index contributed by atoms with van der Waals surface area (Å²) in [5, 5.41) is 8.24. The van der Waals surface area contributed by atoms with Crippen LogP contribution in [0.2, 0.25) is 0 Å². The SMILES string of the molecule is CCn1c(C)c(C)c2cc(C(=O)Nc3c(C(=O)N(C)C)nn(C)c3C)ccc21. The summed E-state index contributed by atoms with van der Waals surface area (Å²) in [4.78, 5) is 26.8. The molecular formula is C21H27N5O2. The molecule has 1 aromatic carbocycles. The molecule has 0 aliphatic carbocycles. The Labute approximate surface area is 164 Å². The number of aromatic nitrogens is 3. The van der Waals surface area contributed by atoms with Crippen molar-refractivity contribution < 1.29 is 9.59 Å². The fourth-order valence-corrected chi connectivity index (χ4v) is 3.50. The van der Waals surface area contributed by atoms with Gasteiger partial charge < -0.3 is 14.8 Å². The zero-order valence-electron chi connectivity index (χ0n) is 17.5. The van der Waals surface area contributed by atoms with Crippen LogP contribution in [0.4, 0.5) is 5.69 Å². The number of hydrogen-bond donors (Lipinski definition) is 1. The van der Waals surface area contributed by atoms with E-state index < -0.39 is 0 Å². The standard InChI is InChI=1S/C21H27N5O2/c1-8-26-13(3)12(2)16-11-15(9-10-17(16)26)20(27)22-18-14(4)25(7)23-19(18)21(28)24(5)6/h9-11H,8H2,1-7H3,(H,22,27). The number of carbonyl (C=O) groups excluding carboxylic acids is 2. The third kappa shape index (κ3) is 3.06. The van der Waals surface area contributed by atoms with Crippen molar-refractivity contribution >= 4 is 28.4 Å². The Morgan fingerprint density at radius 3 is 2.43 bits per heavy atom. The fourth-order valence-electron chi connectivity index (χ4n) is 3.50. The van der Waals surface area contributed by atoms with E-state index in [1.807, 2.05) is 25.1 Å². The normalized spacial score (nSPS) is 11.1. The molecule has 2 aromatic heterocycles. The molecule has 2 heterocycles. The lowest BCUT2D eigenvalue weighted by molar-refractivity contribution is 0.0822. The molecule has 1 N–H and O–H groups in total. The molecule has 0 bridgehead atoms. The maximum Gasteiger partial charge on any atom is 0.276 e. The summed E-state index contributed by atoms with van der Waals surface area (Å²) < 4.78 is 3.84. The molecule has 7 nitrogen and oxygen atoms in total.